The van der Waals surface area contributed by atoms with Gasteiger partial charge in [-0.25, -0.2) is 9.97 Å². The van der Waals surface area contributed by atoms with E-state index in [-0.39, 0.29) is 5.91 Å². The van der Waals surface area contributed by atoms with Gasteiger partial charge in [0.15, 0.2) is 0 Å². The molecule has 0 aliphatic heterocycles. The summed E-state index contributed by atoms with van der Waals surface area (Å²) in [4.78, 5) is 21.6. The molecule has 5 nitrogen and oxygen atoms in total. The molecule has 0 unspecified atom stereocenters. The molecule has 0 aliphatic rings. The number of hydrogen-bond donors (Lipinski definition) is 2. The lowest BCUT2D eigenvalue weighted by Gasteiger charge is -2.11. The highest BCUT2D eigenvalue weighted by Gasteiger charge is 2.09. The van der Waals surface area contributed by atoms with E-state index in [0.717, 1.165) is 16.9 Å². The Morgan fingerprint density at radius 1 is 0.833 bits per heavy atom. The molecule has 3 aromatic carbocycles. The summed E-state index contributed by atoms with van der Waals surface area (Å²) in [5, 5.41) is 6.69. The zero-order valence-corrected chi connectivity index (χ0v) is 17.0. The van der Waals surface area contributed by atoms with Gasteiger partial charge in [-0.3, -0.25) is 4.79 Å². The van der Waals surface area contributed by atoms with Crippen LogP contribution in [0, 0.1) is 6.92 Å². The van der Waals surface area contributed by atoms with Crippen LogP contribution in [0.2, 0.25) is 5.02 Å². The lowest BCUT2D eigenvalue weighted by Crippen LogP contribution is -2.12. The second kappa shape index (κ2) is 8.76. The SMILES string of the molecule is Cc1nc(Nc2cccc(C(=O)Nc3cccc(Cl)c3)c2)cc(-c2ccccc2)n1. The molecular formula is C24H19ClN4O. The number of nitrogens with zero attached hydrogens (tertiary/aromatic N) is 2. The summed E-state index contributed by atoms with van der Waals surface area (Å²) in [6.45, 7) is 1.85. The normalized spacial score (nSPS) is 10.5. The number of nitrogens with one attached hydrogen (secondary N) is 2. The van der Waals surface area contributed by atoms with Crippen LogP contribution in [0.15, 0.2) is 84.9 Å². The minimum atomic E-state index is -0.218. The maximum Gasteiger partial charge on any atom is 0.255 e. The van der Waals surface area contributed by atoms with Crippen LogP contribution in [0.5, 0.6) is 0 Å². The first-order chi connectivity index (χ1) is 14.6. The average Bonchev–Trinajstić information content (AvgIpc) is 2.74. The fourth-order valence-corrected chi connectivity index (χ4v) is 3.23. The summed E-state index contributed by atoms with van der Waals surface area (Å²) >= 11 is 5.99. The standard InChI is InChI=1S/C24H19ClN4O/c1-16-26-22(17-7-3-2-4-8-17)15-23(27-16)28-20-11-5-9-18(13-20)24(30)29-21-12-6-10-19(25)14-21/h2-15H,1H3,(H,29,30)(H,26,27,28). The average molecular weight is 415 g/mol. The third-order valence-electron chi connectivity index (χ3n) is 4.39. The highest BCUT2D eigenvalue weighted by molar-refractivity contribution is 6.31. The molecule has 0 saturated carbocycles. The first-order valence-electron chi connectivity index (χ1n) is 9.42. The van der Waals surface area contributed by atoms with Crippen molar-refractivity contribution in [1.29, 1.82) is 0 Å². The molecule has 1 heterocycles. The number of hydrogen-bond acceptors (Lipinski definition) is 4. The smallest absolute Gasteiger partial charge is 0.255 e. The van der Waals surface area contributed by atoms with E-state index >= 15 is 0 Å². The highest BCUT2D eigenvalue weighted by Crippen LogP contribution is 2.23. The number of anilines is 3. The van der Waals surface area contributed by atoms with Crippen molar-refractivity contribution in [3.63, 3.8) is 0 Å². The third-order valence-corrected chi connectivity index (χ3v) is 4.62. The zero-order valence-electron chi connectivity index (χ0n) is 16.3. The zero-order chi connectivity index (χ0) is 20.9. The lowest BCUT2D eigenvalue weighted by molar-refractivity contribution is 0.102. The molecule has 0 atom stereocenters. The Hall–Kier alpha value is -3.70. The number of rotatable bonds is 5. The van der Waals surface area contributed by atoms with Crippen LogP contribution in [-0.2, 0) is 0 Å². The van der Waals surface area contributed by atoms with Crippen molar-refractivity contribution in [3.8, 4) is 11.3 Å². The van der Waals surface area contributed by atoms with Crippen molar-refractivity contribution >= 4 is 34.7 Å². The number of carbonyl (C=O) groups is 1. The van der Waals surface area contributed by atoms with Crippen LogP contribution in [0.3, 0.4) is 0 Å². The second-order valence-corrected chi connectivity index (χ2v) is 7.16. The van der Waals surface area contributed by atoms with E-state index in [1.54, 1.807) is 36.4 Å². The summed E-state index contributed by atoms with van der Waals surface area (Å²) in [7, 11) is 0. The molecule has 2 N–H and O–H groups in total. The monoisotopic (exact) mass is 414 g/mol. The number of benzene rings is 3. The first-order valence-corrected chi connectivity index (χ1v) is 9.80. The number of aromatic nitrogens is 2. The molecule has 0 fully saturated rings. The van der Waals surface area contributed by atoms with Crippen molar-refractivity contribution in [1.82, 2.24) is 9.97 Å². The summed E-state index contributed by atoms with van der Waals surface area (Å²) in [5.41, 5.74) is 3.77. The van der Waals surface area contributed by atoms with Gasteiger partial charge in [-0.15, -0.1) is 0 Å². The van der Waals surface area contributed by atoms with Crippen LogP contribution in [0.1, 0.15) is 16.2 Å². The van der Waals surface area contributed by atoms with Crippen molar-refractivity contribution in [2.45, 2.75) is 6.92 Å². The predicted molar refractivity (Wildman–Crippen MR) is 121 cm³/mol. The molecule has 0 aliphatic carbocycles. The van der Waals surface area contributed by atoms with Gasteiger partial charge in [-0.1, -0.05) is 54.1 Å². The molecule has 0 spiro atoms. The van der Waals surface area contributed by atoms with Crippen LogP contribution in [0.4, 0.5) is 17.2 Å². The number of halogens is 1. The quantitative estimate of drug-likeness (QED) is 0.414. The maximum absolute atomic E-state index is 12.6. The van der Waals surface area contributed by atoms with E-state index < -0.39 is 0 Å². The number of aryl methyl sites for hydroxylation is 1. The summed E-state index contributed by atoms with van der Waals surface area (Å²) < 4.78 is 0. The van der Waals surface area contributed by atoms with Gasteiger partial charge < -0.3 is 10.6 Å². The van der Waals surface area contributed by atoms with Crippen LogP contribution in [0.25, 0.3) is 11.3 Å². The summed E-state index contributed by atoms with van der Waals surface area (Å²) in [6.07, 6.45) is 0. The van der Waals surface area contributed by atoms with Crippen LogP contribution in [-0.4, -0.2) is 15.9 Å². The van der Waals surface area contributed by atoms with E-state index in [9.17, 15) is 4.79 Å². The Kier molecular flexibility index (Phi) is 5.72. The topological polar surface area (TPSA) is 66.9 Å². The Morgan fingerprint density at radius 3 is 2.40 bits per heavy atom. The highest BCUT2D eigenvalue weighted by atomic mass is 35.5. The van der Waals surface area contributed by atoms with Crippen molar-refractivity contribution in [3.05, 3.63) is 101 Å². The van der Waals surface area contributed by atoms with Gasteiger partial charge in [0.2, 0.25) is 0 Å². The van der Waals surface area contributed by atoms with Gasteiger partial charge in [0.25, 0.3) is 5.91 Å². The largest absolute Gasteiger partial charge is 0.340 e. The Labute approximate surface area is 179 Å². The molecule has 1 aromatic heterocycles. The molecule has 6 heteroatoms. The summed E-state index contributed by atoms with van der Waals surface area (Å²) in [5.74, 6) is 1.10. The van der Waals surface area contributed by atoms with E-state index in [1.807, 2.05) is 55.5 Å². The molecule has 0 bridgehead atoms. The molecule has 148 valence electrons. The fraction of sp³-hybridized carbons (Fsp3) is 0.0417. The maximum atomic E-state index is 12.6. The van der Waals surface area contributed by atoms with E-state index in [4.69, 9.17) is 11.6 Å². The van der Waals surface area contributed by atoms with Crippen molar-refractivity contribution in [2.24, 2.45) is 0 Å². The molecule has 30 heavy (non-hydrogen) atoms. The Balaban J connectivity index is 1.55. The van der Waals surface area contributed by atoms with Gasteiger partial charge in [0.05, 0.1) is 5.69 Å². The minimum Gasteiger partial charge on any atom is -0.340 e. The molecular weight excluding hydrogens is 396 g/mol. The molecule has 0 saturated heterocycles. The van der Waals surface area contributed by atoms with Gasteiger partial charge in [-0.2, -0.15) is 0 Å². The van der Waals surface area contributed by atoms with Crippen molar-refractivity contribution < 1.29 is 4.79 Å². The molecule has 1 amide bonds. The first kappa shape index (κ1) is 19.6. The Morgan fingerprint density at radius 2 is 1.60 bits per heavy atom. The number of carbonyl (C=O) groups excluding carboxylic acids is 1. The molecule has 4 rings (SSSR count). The van der Waals surface area contributed by atoms with Crippen LogP contribution < -0.4 is 10.6 Å². The third kappa shape index (κ3) is 4.82. The van der Waals surface area contributed by atoms with Gasteiger partial charge in [0.1, 0.15) is 11.6 Å². The number of amides is 1. The van der Waals surface area contributed by atoms with E-state index in [1.165, 1.54) is 0 Å². The lowest BCUT2D eigenvalue weighted by atomic mass is 10.1. The fourth-order valence-electron chi connectivity index (χ4n) is 3.04. The van der Waals surface area contributed by atoms with E-state index in [2.05, 4.69) is 20.6 Å². The van der Waals surface area contributed by atoms with Gasteiger partial charge in [0, 0.05) is 33.6 Å². The summed E-state index contributed by atoms with van der Waals surface area (Å²) in [6, 6.07) is 26.1. The minimum absolute atomic E-state index is 0.218. The predicted octanol–water partition coefficient (Wildman–Crippen LogP) is 6.10. The van der Waals surface area contributed by atoms with Gasteiger partial charge >= 0.3 is 0 Å². The Bertz CT molecular complexity index is 1190. The second-order valence-electron chi connectivity index (χ2n) is 6.72. The van der Waals surface area contributed by atoms with Crippen molar-refractivity contribution in [2.75, 3.05) is 10.6 Å². The van der Waals surface area contributed by atoms with E-state index in [0.29, 0.717) is 27.9 Å². The molecule has 0 radical (unpaired) electrons. The van der Waals surface area contributed by atoms with Crippen LogP contribution >= 0.6 is 11.6 Å². The molecule has 4 aromatic rings. The van der Waals surface area contributed by atoms with Gasteiger partial charge in [-0.05, 0) is 43.3 Å².